The average molecular weight is 553 g/mol. The number of ether oxygens (including phenoxy) is 2. The van der Waals surface area contributed by atoms with Crippen LogP contribution in [-0.4, -0.2) is 51.4 Å². The van der Waals surface area contributed by atoms with Gasteiger partial charge in [0.25, 0.3) is 10.1 Å². The molecule has 0 bridgehead atoms. The molecule has 2 rings (SSSR count). The Kier molecular flexibility index (Phi) is 7.67. The lowest BCUT2D eigenvalue weighted by Gasteiger charge is -2.38. The van der Waals surface area contributed by atoms with E-state index >= 15 is 0 Å². The van der Waals surface area contributed by atoms with Crippen LogP contribution in [-0.2, 0) is 4.74 Å². The zero-order valence-electron chi connectivity index (χ0n) is 17.3. The highest BCUT2D eigenvalue weighted by molar-refractivity contribution is 14.1. The van der Waals surface area contributed by atoms with Crippen molar-refractivity contribution in [1.82, 2.24) is 10.2 Å². The van der Waals surface area contributed by atoms with Crippen LogP contribution in [0.1, 0.15) is 44.0 Å². The fourth-order valence-electron chi connectivity index (χ4n) is 2.83. The Morgan fingerprint density at radius 2 is 1.77 bits per heavy atom. The number of benzene rings is 1. The highest BCUT2D eigenvalue weighted by atomic mass is 127. The molecule has 11 heteroatoms. The van der Waals surface area contributed by atoms with Gasteiger partial charge in [-0.15, -0.1) is 0 Å². The second-order valence-electron chi connectivity index (χ2n) is 8.10. The van der Waals surface area contributed by atoms with Gasteiger partial charge in [-0.05, 0) is 67.6 Å². The Bertz CT molecular complexity index is 843. The summed E-state index contributed by atoms with van der Waals surface area (Å²) in [5, 5.41) is 12.3. The molecule has 170 valence electrons. The standard InChI is InChI=1S/C20H23F3IN3O4/c1-18(2,3)31-17(29)27-10-8-19(12-25,9-11-27)26-15(28)13-4-6-14(7-5-13)30-20(22,23)16(21)24/h4-7,16H,8-11H2,1-3H3,(H,26,28). The minimum atomic E-state index is -4.00. The van der Waals surface area contributed by atoms with Gasteiger partial charge in [-0.3, -0.25) is 4.79 Å². The van der Waals surface area contributed by atoms with Crippen molar-refractivity contribution in [2.75, 3.05) is 13.1 Å². The lowest BCUT2D eigenvalue weighted by atomic mass is 9.88. The molecule has 0 saturated carbocycles. The Morgan fingerprint density at radius 1 is 1.23 bits per heavy atom. The average Bonchev–Trinajstić information content (AvgIpc) is 2.67. The molecular formula is C20H23F3IN3O4. The minimum absolute atomic E-state index is 0.117. The second-order valence-corrected chi connectivity index (χ2v) is 9.20. The van der Waals surface area contributed by atoms with E-state index in [1.807, 2.05) is 0 Å². The van der Waals surface area contributed by atoms with Crippen molar-refractivity contribution in [3.8, 4) is 11.8 Å². The van der Waals surface area contributed by atoms with Crippen LogP contribution >= 0.6 is 22.6 Å². The van der Waals surface area contributed by atoms with Crippen LogP contribution in [0.2, 0.25) is 0 Å². The van der Waals surface area contributed by atoms with E-state index in [0.29, 0.717) is 0 Å². The monoisotopic (exact) mass is 553 g/mol. The number of likely N-dealkylation sites (tertiary alicyclic amines) is 1. The summed E-state index contributed by atoms with van der Waals surface area (Å²) in [5.74, 6) is -0.885. The van der Waals surface area contributed by atoms with Crippen LogP contribution in [0, 0.1) is 11.3 Å². The van der Waals surface area contributed by atoms with Gasteiger partial charge < -0.3 is 19.7 Å². The van der Waals surface area contributed by atoms with E-state index in [4.69, 9.17) is 4.74 Å². The van der Waals surface area contributed by atoms with Gasteiger partial charge >= 0.3 is 12.2 Å². The van der Waals surface area contributed by atoms with Gasteiger partial charge in [0.1, 0.15) is 16.9 Å². The van der Waals surface area contributed by atoms with E-state index in [1.165, 1.54) is 17.0 Å². The summed E-state index contributed by atoms with van der Waals surface area (Å²) in [5.41, 5.74) is -1.71. The van der Waals surface area contributed by atoms with E-state index < -0.39 is 33.4 Å². The van der Waals surface area contributed by atoms with Crippen LogP contribution < -0.4 is 10.1 Å². The van der Waals surface area contributed by atoms with Gasteiger partial charge in [0.15, 0.2) is 0 Å². The third-order valence-corrected chi connectivity index (χ3v) is 5.19. The van der Waals surface area contributed by atoms with Crippen LogP contribution in [0.4, 0.5) is 18.0 Å². The lowest BCUT2D eigenvalue weighted by Crippen LogP contribution is -2.55. The van der Waals surface area contributed by atoms with Crippen molar-refractivity contribution < 1.29 is 32.2 Å². The molecule has 2 amide bonds. The molecule has 0 aliphatic carbocycles. The first-order chi connectivity index (χ1) is 14.3. The van der Waals surface area contributed by atoms with E-state index in [2.05, 4.69) is 16.1 Å². The second kappa shape index (κ2) is 9.50. The maximum atomic E-state index is 13.3. The predicted molar refractivity (Wildman–Crippen MR) is 114 cm³/mol. The largest absolute Gasteiger partial charge is 0.444 e. The molecular weight excluding hydrogens is 530 g/mol. The number of carbonyl (C=O) groups is 2. The smallest absolute Gasteiger partial charge is 0.439 e. The van der Waals surface area contributed by atoms with Crippen molar-refractivity contribution in [3.63, 3.8) is 0 Å². The summed E-state index contributed by atoms with van der Waals surface area (Å²) in [4.78, 5) is 26.2. The number of nitriles is 1. The molecule has 1 aliphatic rings. The van der Waals surface area contributed by atoms with Gasteiger partial charge in [-0.25, -0.2) is 9.18 Å². The Morgan fingerprint density at radius 3 is 2.23 bits per heavy atom. The van der Waals surface area contributed by atoms with Crippen molar-refractivity contribution in [2.24, 2.45) is 0 Å². The number of hydrogen-bond donors (Lipinski definition) is 1. The number of carbonyl (C=O) groups excluding carboxylic acids is 2. The van der Waals surface area contributed by atoms with E-state index in [0.717, 1.165) is 34.7 Å². The maximum Gasteiger partial charge on any atom is 0.439 e. The fourth-order valence-corrected chi connectivity index (χ4v) is 2.95. The molecule has 0 spiro atoms. The number of piperidine rings is 1. The number of halogens is 4. The number of nitrogens with zero attached hydrogens (tertiary/aromatic N) is 2. The highest BCUT2D eigenvalue weighted by Crippen LogP contribution is 2.30. The summed E-state index contributed by atoms with van der Waals surface area (Å²) < 4.78 is 46.6. The number of rotatable bonds is 5. The van der Waals surface area contributed by atoms with Crippen molar-refractivity contribution in [1.29, 1.82) is 5.26 Å². The molecule has 31 heavy (non-hydrogen) atoms. The molecule has 1 fully saturated rings. The first kappa shape index (κ1) is 25.0. The first-order valence-corrected chi connectivity index (χ1v) is 10.7. The van der Waals surface area contributed by atoms with Gasteiger partial charge in [-0.1, -0.05) is 0 Å². The van der Waals surface area contributed by atoms with Gasteiger partial charge in [-0.2, -0.15) is 14.0 Å². The SMILES string of the molecule is CC(C)(C)OC(=O)N1CCC(C#N)(NC(=O)c2ccc(OC(F)(F)C(F)I)cc2)CC1. The predicted octanol–water partition coefficient (Wildman–Crippen LogP) is 4.41. The van der Waals surface area contributed by atoms with Gasteiger partial charge in [0.2, 0.25) is 0 Å². The quantitative estimate of drug-likeness (QED) is 0.431. The molecule has 1 N–H and O–H groups in total. The number of alkyl halides is 4. The minimum Gasteiger partial charge on any atom is -0.444 e. The van der Waals surface area contributed by atoms with Crippen LogP contribution in [0.15, 0.2) is 24.3 Å². The molecule has 1 atom stereocenters. The van der Waals surface area contributed by atoms with E-state index in [1.54, 1.807) is 20.8 Å². The number of amides is 2. The van der Waals surface area contributed by atoms with Crippen LogP contribution in [0.3, 0.4) is 0 Å². The Labute approximate surface area is 192 Å². The fraction of sp³-hybridized carbons (Fsp3) is 0.550. The third kappa shape index (κ3) is 6.88. The van der Waals surface area contributed by atoms with E-state index in [-0.39, 0.29) is 37.2 Å². The van der Waals surface area contributed by atoms with Crippen LogP contribution in [0.5, 0.6) is 5.75 Å². The molecule has 1 heterocycles. The number of hydrogen-bond acceptors (Lipinski definition) is 5. The third-order valence-electron chi connectivity index (χ3n) is 4.46. The maximum absolute atomic E-state index is 13.3. The Hall–Kier alpha value is -2.23. The molecule has 1 aliphatic heterocycles. The van der Waals surface area contributed by atoms with Gasteiger partial charge in [0.05, 0.1) is 6.07 Å². The lowest BCUT2D eigenvalue weighted by molar-refractivity contribution is -0.192. The number of nitrogens with one attached hydrogen (secondary N) is 1. The Balaban J connectivity index is 1.99. The summed E-state index contributed by atoms with van der Waals surface area (Å²) >= 11 is 0.908. The summed E-state index contributed by atoms with van der Waals surface area (Å²) in [6.07, 6.45) is -4.08. The topological polar surface area (TPSA) is 91.7 Å². The molecule has 1 aromatic carbocycles. The van der Waals surface area contributed by atoms with Crippen molar-refractivity contribution in [3.05, 3.63) is 29.8 Å². The molecule has 7 nitrogen and oxygen atoms in total. The molecule has 0 radical (unpaired) electrons. The normalized spacial score (nSPS) is 17.3. The molecule has 1 saturated heterocycles. The zero-order valence-corrected chi connectivity index (χ0v) is 19.4. The van der Waals surface area contributed by atoms with Gasteiger partial charge in [0, 0.05) is 31.5 Å². The molecule has 1 unspecified atom stereocenters. The first-order valence-electron chi connectivity index (χ1n) is 9.44. The molecule has 1 aromatic rings. The zero-order chi connectivity index (χ0) is 23.4. The van der Waals surface area contributed by atoms with E-state index in [9.17, 15) is 28.0 Å². The molecule has 0 aromatic heterocycles. The summed E-state index contributed by atoms with van der Waals surface area (Å²) in [6, 6.07) is 6.81. The summed E-state index contributed by atoms with van der Waals surface area (Å²) in [7, 11) is 0. The van der Waals surface area contributed by atoms with Crippen molar-refractivity contribution >= 4 is 34.6 Å². The van der Waals surface area contributed by atoms with Crippen molar-refractivity contribution in [2.45, 2.75) is 55.0 Å². The highest BCUT2D eigenvalue weighted by Gasteiger charge is 2.42. The van der Waals surface area contributed by atoms with Crippen LogP contribution in [0.25, 0.3) is 0 Å². The summed E-state index contributed by atoms with van der Waals surface area (Å²) in [6.45, 7) is 5.72.